The topological polar surface area (TPSA) is 66.9 Å². The summed E-state index contributed by atoms with van der Waals surface area (Å²) in [6.07, 6.45) is 0. The normalized spacial score (nSPS) is 11.2. The summed E-state index contributed by atoms with van der Waals surface area (Å²) in [5.74, 6) is 0.475. The summed E-state index contributed by atoms with van der Waals surface area (Å²) >= 11 is 1.75. The molecule has 5 nitrogen and oxygen atoms in total. The van der Waals surface area contributed by atoms with Crippen molar-refractivity contribution in [1.29, 1.82) is 0 Å². The first-order valence-corrected chi connectivity index (χ1v) is 7.80. The van der Waals surface area contributed by atoms with Crippen molar-refractivity contribution < 1.29 is 4.79 Å². The van der Waals surface area contributed by atoms with E-state index in [1.54, 1.807) is 23.5 Å². The fourth-order valence-corrected chi connectivity index (χ4v) is 2.71. The zero-order chi connectivity index (χ0) is 15.3. The number of carbonyl (C=O) groups excluding carboxylic acids is 1. The molecule has 0 bridgehead atoms. The molecule has 0 aliphatic heterocycles. The van der Waals surface area contributed by atoms with Crippen molar-refractivity contribution in [2.24, 2.45) is 0 Å². The van der Waals surface area contributed by atoms with Gasteiger partial charge in [0.25, 0.3) is 5.91 Å². The third-order valence-corrected chi connectivity index (χ3v) is 4.37. The second-order valence-electron chi connectivity index (χ2n) is 5.38. The molecule has 0 saturated heterocycles. The molecular weight excluding hydrogens is 284 g/mol. The van der Waals surface area contributed by atoms with Crippen LogP contribution >= 0.6 is 11.3 Å². The Bertz CT molecular complexity index is 578. The largest absolute Gasteiger partial charge is 0.368 e. The highest BCUT2D eigenvalue weighted by Crippen LogP contribution is 2.27. The van der Waals surface area contributed by atoms with Gasteiger partial charge in [0.15, 0.2) is 5.69 Å². The standard InChI is InChI=1S/C15H20N4OS/c1-4-16-14(20)11-7-8-13(19-18-11)17-10-15(2,3)12-6-5-9-21-12/h5-9H,4,10H2,1-3H3,(H,16,20)(H,17,19). The summed E-state index contributed by atoms with van der Waals surface area (Å²) in [4.78, 5) is 12.9. The average Bonchev–Trinajstić information content (AvgIpc) is 3.01. The number of aromatic nitrogens is 2. The number of anilines is 1. The van der Waals surface area contributed by atoms with Crippen molar-refractivity contribution in [3.05, 3.63) is 40.2 Å². The molecule has 2 N–H and O–H groups in total. The van der Waals surface area contributed by atoms with Crippen LogP contribution in [0.5, 0.6) is 0 Å². The number of amides is 1. The van der Waals surface area contributed by atoms with Crippen molar-refractivity contribution in [2.45, 2.75) is 26.2 Å². The first kappa shape index (κ1) is 15.4. The van der Waals surface area contributed by atoms with Crippen LogP contribution in [0.3, 0.4) is 0 Å². The highest BCUT2D eigenvalue weighted by Gasteiger charge is 2.21. The van der Waals surface area contributed by atoms with Gasteiger partial charge in [0.05, 0.1) is 0 Å². The highest BCUT2D eigenvalue weighted by molar-refractivity contribution is 7.10. The number of hydrogen-bond donors (Lipinski definition) is 2. The van der Waals surface area contributed by atoms with Crippen LogP contribution in [0.4, 0.5) is 5.82 Å². The molecule has 1 amide bonds. The van der Waals surface area contributed by atoms with Gasteiger partial charge in [-0.25, -0.2) is 0 Å². The average molecular weight is 304 g/mol. The summed E-state index contributed by atoms with van der Waals surface area (Å²) in [5, 5.41) is 16.0. The van der Waals surface area contributed by atoms with Crippen molar-refractivity contribution in [3.8, 4) is 0 Å². The minimum Gasteiger partial charge on any atom is -0.368 e. The van der Waals surface area contributed by atoms with Crippen LogP contribution in [0, 0.1) is 0 Å². The molecular formula is C15H20N4OS. The lowest BCUT2D eigenvalue weighted by Gasteiger charge is -2.23. The van der Waals surface area contributed by atoms with Crippen molar-refractivity contribution >= 4 is 23.1 Å². The lowest BCUT2D eigenvalue weighted by molar-refractivity contribution is 0.0950. The van der Waals surface area contributed by atoms with Gasteiger partial charge in [-0.2, -0.15) is 0 Å². The molecule has 0 radical (unpaired) electrons. The summed E-state index contributed by atoms with van der Waals surface area (Å²) in [5.41, 5.74) is 0.355. The lowest BCUT2D eigenvalue weighted by Crippen LogP contribution is -2.27. The van der Waals surface area contributed by atoms with Gasteiger partial charge in [0, 0.05) is 23.4 Å². The van der Waals surface area contributed by atoms with Gasteiger partial charge in [-0.1, -0.05) is 19.9 Å². The van der Waals surface area contributed by atoms with Gasteiger partial charge in [-0.3, -0.25) is 4.79 Å². The van der Waals surface area contributed by atoms with E-state index in [2.05, 4.69) is 52.2 Å². The van der Waals surface area contributed by atoms with Gasteiger partial charge < -0.3 is 10.6 Å². The highest BCUT2D eigenvalue weighted by atomic mass is 32.1. The predicted octanol–water partition coefficient (Wildman–Crippen LogP) is 2.68. The summed E-state index contributed by atoms with van der Waals surface area (Å²) in [6.45, 7) is 7.57. The molecule has 6 heteroatoms. The van der Waals surface area contributed by atoms with Crippen LogP contribution in [-0.2, 0) is 5.41 Å². The Morgan fingerprint density at radius 3 is 2.67 bits per heavy atom. The number of rotatable bonds is 6. The number of nitrogens with zero attached hydrogens (tertiary/aromatic N) is 2. The number of thiophene rings is 1. The molecule has 112 valence electrons. The van der Waals surface area contributed by atoms with Gasteiger partial charge in [0.2, 0.25) is 0 Å². The van der Waals surface area contributed by atoms with E-state index in [-0.39, 0.29) is 11.3 Å². The van der Waals surface area contributed by atoms with Gasteiger partial charge >= 0.3 is 0 Å². The first-order chi connectivity index (χ1) is 10.0. The number of hydrogen-bond acceptors (Lipinski definition) is 5. The Morgan fingerprint density at radius 2 is 2.10 bits per heavy atom. The van der Waals surface area contributed by atoms with Gasteiger partial charge in [0.1, 0.15) is 5.82 Å². The zero-order valence-electron chi connectivity index (χ0n) is 12.5. The summed E-state index contributed by atoms with van der Waals surface area (Å²) < 4.78 is 0. The third kappa shape index (κ3) is 4.01. The van der Waals surface area contributed by atoms with E-state index >= 15 is 0 Å². The SMILES string of the molecule is CCNC(=O)c1ccc(NCC(C)(C)c2cccs2)nn1. The Morgan fingerprint density at radius 1 is 1.29 bits per heavy atom. The molecule has 0 saturated carbocycles. The van der Waals surface area contributed by atoms with Crippen LogP contribution in [0.15, 0.2) is 29.6 Å². The molecule has 0 aliphatic rings. The number of carbonyl (C=O) groups is 1. The Labute approximate surface area is 128 Å². The van der Waals surface area contributed by atoms with Crippen LogP contribution < -0.4 is 10.6 Å². The Kier molecular flexibility index (Phi) is 4.90. The lowest BCUT2D eigenvalue weighted by atomic mass is 9.91. The number of nitrogens with one attached hydrogen (secondary N) is 2. The van der Waals surface area contributed by atoms with E-state index in [0.717, 1.165) is 6.54 Å². The van der Waals surface area contributed by atoms with E-state index in [9.17, 15) is 4.79 Å². The van der Waals surface area contributed by atoms with E-state index in [0.29, 0.717) is 18.1 Å². The molecule has 2 aromatic heterocycles. The van der Waals surface area contributed by atoms with E-state index in [1.807, 2.05) is 6.92 Å². The molecule has 0 fully saturated rings. The molecule has 0 spiro atoms. The monoisotopic (exact) mass is 304 g/mol. The third-order valence-electron chi connectivity index (χ3n) is 3.13. The second-order valence-corrected chi connectivity index (χ2v) is 6.33. The Hall–Kier alpha value is -1.95. The fourth-order valence-electron chi connectivity index (χ4n) is 1.86. The minimum absolute atomic E-state index is 0.0219. The molecule has 0 aliphatic carbocycles. The maximum absolute atomic E-state index is 11.6. The molecule has 2 aromatic rings. The first-order valence-electron chi connectivity index (χ1n) is 6.92. The van der Waals surface area contributed by atoms with Gasteiger partial charge in [-0.15, -0.1) is 21.5 Å². The predicted molar refractivity (Wildman–Crippen MR) is 85.9 cm³/mol. The molecule has 0 unspecified atom stereocenters. The van der Waals surface area contributed by atoms with Gasteiger partial charge in [-0.05, 0) is 30.5 Å². The van der Waals surface area contributed by atoms with Crippen LogP contribution in [0.2, 0.25) is 0 Å². The summed E-state index contributed by atoms with van der Waals surface area (Å²) in [6, 6.07) is 7.65. The maximum atomic E-state index is 11.6. The van der Waals surface area contributed by atoms with Crippen molar-refractivity contribution in [1.82, 2.24) is 15.5 Å². The van der Waals surface area contributed by atoms with Crippen LogP contribution in [-0.4, -0.2) is 29.2 Å². The molecule has 2 rings (SSSR count). The van der Waals surface area contributed by atoms with E-state index in [1.165, 1.54) is 4.88 Å². The van der Waals surface area contributed by atoms with Crippen molar-refractivity contribution in [3.63, 3.8) is 0 Å². The molecule has 0 atom stereocenters. The maximum Gasteiger partial charge on any atom is 0.271 e. The smallest absolute Gasteiger partial charge is 0.271 e. The minimum atomic E-state index is -0.199. The van der Waals surface area contributed by atoms with Crippen LogP contribution in [0.1, 0.15) is 36.1 Å². The van der Waals surface area contributed by atoms with E-state index in [4.69, 9.17) is 0 Å². The van der Waals surface area contributed by atoms with E-state index < -0.39 is 0 Å². The molecule has 2 heterocycles. The fraction of sp³-hybridized carbons (Fsp3) is 0.400. The quantitative estimate of drug-likeness (QED) is 0.861. The van der Waals surface area contributed by atoms with Crippen molar-refractivity contribution in [2.75, 3.05) is 18.4 Å². The Balaban J connectivity index is 1.96. The molecule has 0 aromatic carbocycles. The second kappa shape index (κ2) is 6.67. The summed E-state index contributed by atoms with van der Waals surface area (Å²) in [7, 11) is 0. The zero-order valence-corrected chi connectivity index (χ0v) is 13.3. The van der Waals surface area contributed by atoms with Crippen LogP contribution in [0.25, 0.3) is 0 Å². The molecule has 21 heavy (non-hydrogen) atoms.